The Kier molecular flexibility index (Phi) is 3.69. The molecule has 144 valence electrons. The maximum Gasteiger partial charge on any atom is 0.283 e. The number of benzene rings is 1. The van der Waals surface area contributed by atoms with Crippen LogP contribution in [-0.4, -0.2) is 28.3 Å². The van der Waals surface area contributed by atoms with Gasteiger partial charge >= 0.3 is 0 Å². The lowest BCUT2D eigenvalue weighted by Gasteiger charge is -2.33. The van der Waals surface area contributed by atoms with E-state index in [0.717, 1.165) is 24.5 Å². The van der Waals surface area contributed by atoms with Gasteiger partial charge in [0.1, 0.15) is 11.9 Å². The van der Waals surface area contributed by atoms with Gasteiger partial charge in [0.2, 0.25) is 0 Å². The van der Waals surface area contributed by atoms with E-state index in [-0.39, 0.29) is 11.6 Å². The molecule has 1 aliphatic heterocycles. The number of nitrogens with zero attached hydrogens (tertiary/aromatic N) is 3. The van der Waals surface area contributed by atoms with Crippen LogP contribution in [0, 0.1) is 29.5 Å². The van der Waals surface area contributed by atoms with Gasteiger partial charge in [-0.25, -0.2) is 22.8 Å². The van der Waals surface area contributed by atoms with E-state index >= 15 is 0 Å². The molecule has 0 amide bonds. The minimum Gasteiger partial charge on any atom is -0.462 e. The number of alkyl halides is 2. The first kappa shape index (κ1) is 17.2. The largest absolute Gasteiger partial charge is 0.462 e. The zero-order valence-corrected chi connectivity index (χ0v) is 14.8. The molecular formula is C20H17F3N4O. The molecule has 0 saturated heterocycles. The lowest BCUT2D eigenvalue weighted by atomic mass is 9.84. The molecule has 28 heavy (non-hydrogen) atoms. The zero-order valence-electron chi connectivity index (χ0n) is 14.8. The van der Waals surface area contributed by atoms with Crippen molar-refractivity contribution >= 4 is 6.02 Å². The van der Waals surface area contributed by atoms with Gasteiger partial charge in [-0.2, -0.15) is 5.10 Å². The van der Waals surface area contributed by atoms with Crippen LogP contribution in [0.1, 0.15) is 30.4 Å². The number of aromatic nitrogens is 2. The number of aliphatic imine (C=N–C) groups is 1. The second kappa shape index (κ2) is 6.03. The van der Waals surface area contributed by atoms with Crippen LogP contribution in [0.5, 0.6) is 0 Å². The summed E-state index contributed by atoms with van der Waals surface area (Å²) in [5.74, 6) is 5.28. The number of amidine groups is 1. The number of halogens is 3. The Hall–Kier alpha value is -2.95. The zero-order chi connectivity index (χ0) is 19.5. The summed E-state index contributed by atoms with van der Waals surface area (Å²) in [7, 11) is 0. The maximum absolute atomic E-state index is 14.7. The van der Waals surface area contributed by atoms with Crippen molar-refractivity contribution < 1.29 is 17.9 Å². The van der Waals surface area contributed by atoms with Gasteiger partial charge in [0.25, 0.3) is 12.4 Å². The summed E-state index contributed by atoms with van der Waals surface area (Å²) in [5, 5.41) is 4.23. The van der Waals surface area contributed by atoms with Crippen molar-refractivity contribution in [2.75, 3.05) is 0 Å². The fourth-order valence-electron chi connectivity index (χ4n) is 3.70. The minimum atomic E-state index is -2.92. The molecule has 2 N–H and O–H groups in total. The van der Waals surface area contributed by atoms with Crippen LogP contribution in [0.2, 0.25) is 0 Å². The molecule has 1 aromatic carbocycles. The molecule has 5 nitrogen and oxygen atoms in total. The Balaban J connectivity index is 1.56. The summed E-state index contributed by atoms with van der Waals surface area (Å²) < 4.78 is 49.8. The number of hydrogen-bond acceptors (Lipinski definition) is 4. The lowest BCUT2D eigenvalue weighted by Crippen LogP contribution is -2.43. The second-order valence-electron chi connectivity index (χ2n) is 7.46. The Morgan fingerprint density at radius 1 is 1.32 bits per heavy atom. The van der Waals surface area contributed by atoms with Crippen LogP contribution in [-0.2, 0) is 10.3 Å². The molecule has 1 aromatic heterocycles. The number of hydrogen-bond donors (Lipinski definition) is 1. The molecule has 0 radical (unpaired) electrons. The maximum atomic E-state index is 14.7. The summed E-state index contributed by atoms with van der Waals surface area (Å²) in [6.07, 6.45) is 2.52. The molecule has 0 bridgehead atoms. The average Bonchev–Trinajstić information content (AvgIpc) is 3.58. The molecule has 8 heteroatoms. The van der Waals surface area contributed by atoms with Crippen molar-refractivity contribution in [1.29, 1.82) is 0 Å². The fourth-order valence-corrected chi connectivity index (χ4v) is 3.70. The first-order valence-corrected chi connectivity index (χ1v) is 9.14. The number of ether oxygens (including phenoxy) is 1. The predicted molar refractivity (Wildman–Crippen MR) is 95.4 cm³/mol. The number of nitrogens with two attached hydrogens (primary N) is 1. The monoisotopic (exact) mass is 386 g/mol. The molecule has 3 aliphatic rings. The van der Waals surface area contributed by atoms with E-state index in [1.807, 2.05) is 0 Å². The first-order valence-electron chi connectivity index (χ1n) is 9.14. The highest BCUT2D eigenvalue weighted by atomic mass is 19.3. The smallest absolute Gasteiger partial charge is 0.283 e. The van der Waals surface area contributed by atoms with Gasteiger partial charge in [0.05, 0.1) is 17.4 Å². The Morgan fingerprint density at radius 2 is 2.14 bits per heavy atom. The summed E-state index contributed by atoms with van der Waals surface area (Å²) in [4.78, 5) is 3.89. The Labute approximate surface area is 159 Å². The van der Waals surface area contributed by atoms with E-state index in [1.165, 1.54) is 16.8 Å². The van der Waals surface area contributed by atoms with E-state index in [0.29, 0.717) is 18.0 Å². The van der Waals surface area contributed by atoms with Gasteiger partial charge in [-0.15, -0.1) is 0 Å². The number of rotatable bonds is 3. The molecule has 5 rings (SSSR count). The van der Waals surface area contributed by atoms with E-state index in [2.05, 4.69) is 21.9 Å². The molecule has 2 fully saturated rings. The Morgan fingerprint density at radius 3 is 2.89 bits per heavy atom. The van der Waals surface area contributed by atoms with Crippen molar-refractivity contribution in [3.63, 3.8) is 0 Å². The van der Waals surface area contributed by atoms with Gasteiger partial charge in [-0.3, -0.25) is 0 Å². The van der Waals surface area contributed by atoms with Crippen molar-refractivity contribution in [3.8, 4) is 17.5 Å². The predicted octanol–water partition coefficient (Wildman–Crippen LogP) is 2.97. The summed E-state index contributed by atoms with van der Waals surface area (Å²) in [6.45, 7) is 0. The standard InChI is InChI=1S/C20H17F3N4O/c21-16-6-5-13(27-10-12(9-25-27)4-3-11-1-2-11)7-14(16)20(18(22)23)15-8-17(15)28-19(24)26-20/h5-7,9-11,15,17-18H,1-2,8H2,(H2,24,26). The molecule has 3 atom stereocenters. The quantitative estimate of drug-likeness (QED) is 0.825. The fraction of sp³-hybridized carbons (Fsp3) is 0.400. The van der Waals surface area contributed by atoms with E-state index in [1.54, 1.807) is 12.4 Å². The average molecular weight is 386 g/mol. The van der Waals surface area contributed by atoms with Gasteiger partial charge < -0.3 is 10.5 Å². The summed E-state index contributed by atoms with van der Waals surface area (Å²) >= 11 is 0. The van der Waals surface area contributed by atoms with E-state index in [9.17, 15) is 13.2 Å². The summed E-state index contributed by atoms with van der Waals surface area (Å²) in [6, 6.07) is 3.68. The normalized spacial score (nSPS) is 28.1. The van der Waals surface area contributed by atoms with E-state index < -0.39 is 29.8 Å². The molecule has 2 heterocycles. The van der Waals surface area contributed by atoms with Crippen LogP contribution >= 0.6 is 0 Å². The SMILES string of the molecule is NC1=NC(c2cc(-n3cc(C#CC4CC4)cn3)ccc2F)(C(F)F)C2CC2O1. The highest BCUT2D eigenvalue weighted by Gasteiger charge is 2.64. The molecular weight excluding hydrogens is 369 g/mol. The van der Waals surface area contributed by atoms with E-state index in [4.69, 9.17) is 10.5 Å². The van der Waals surface area contributed by atoms with Crippen LogP contribution in [0.15, 0.2) is 35.6 Å². The molecule has 0 spiro atoms. The van der Waals surface area contributed by atoms with Gasteiger partial charge in [-0.05, 0) is 37.5 Å². The number of fused-ring (bicyclic) bond motifs is 1. The van der Waals surface area contributed by atoms with Gasteiger partial charge in [-0.1, -0.05) is 11.8 Å². The Bertz CT molecular complexity index is 1030. The second-order valence-corrected chi connectivity index (χ2v) is 7.46. The third kappa shape index (κ3) is 2.73. The molecule has 3 unspecified atom stereocenters. The molecule has 2 saturated carbocycles. The third-order valence-corrected chi connectivity index (χ3v) is 5.42. The van der Waals surface area contributed by atoms with Gasteiger partial charge in [0.15, 0.2) is 5.54 Å². The highest BCUT2D eigenvalue weighted by Crippen LogP contribution is 2.56. The van der Waals surface area contributed by atoms with Crippen molar-refractivity contribution in [3.05, 3.63) is 47.5 Å². The van der Waals surface area contributed by atoms with Crippen LogP contribution < -0.4 is 5.73 Å². The lowest BCUT2D eigenvalue weighted by molar-refractivity contribution is 0.0176. The molecule has 2 aromatic rings. The van der Waals surface area contributed by atoms with Crippen LogP contribution in [0.4, 0.5) is 13.2 Å². The van der Waals surface area contributed by atoms with Crippen LogP contribution in [0.25, 0.3) is 5.69 Å². The highest BCUT2D eigenvalue weighted by molar-refractivity contribution is 5.74. The summed E-state index contributed by atoms with van der Waals surface area (Å²) in [5.41, 5.74) is 4.54. The third-order valence-electron chi connectivity index (χ3n) is 5.42. The topological polar surface area (TPSA) is 65.4 Å². The first-order chi connectivity index (χ1) is 13.5. The van der Waals surface area contributed by atoms with Crippen molar-refractivity contribution in [2.45, 2.75) is 37.3 Å². The van der Waals surface area contributed by atoms with Crippen molar-refractivity contribution in [2.24, 2.45) is 22.6 Å². The van der Waals surface area contributed by atoms with Crippen LogP contribution in [0.3, 0.4) is 0 Å². The minimum absolute atomic E-state index is 0.195. The van der Waals surface area contributed by atoms with Crippen molar-refractivity contribution in [1.82, 2.24) is 9.78 Å². The van der Waals surface area contributed by atoms with Gasteiger partial charge in [0, 0.05) is 23.6 Å². The molecule has 2 aliphatic carbocycles.